The molecule has 0 saturated heterocycles. The van der Waals surface area contributed by atoms with E-state index in [1.165, 1.54) is 0 Å². The van der Waals surface area contributed by atoms with Gasteiger partial charge in [0.2, 0.25) is 0 Å². The summed E-state index contributed by atoms with van der Waals surface area (Å²) in [7, 11) is 0. The van der Waals surface area contributed by atoms with Crippen molar-refractivity contribution in [3.05, 3.63) is 12.2 Å². The molecule has 0 aromatic carbocycles. The van der Waals surface area contributed by atoms with Crippen LogP contribution in [0.3, 0.4) is 0 Å². The molecule has 0 aliphatic rings. The van der Waals surface area contributed by atoms with E-state index in [0.29, 0.717) is 12.2 Å². The summed E-state index contributed by atoms with van der Waals surface area (Å²) in [5.74, 6) is -3.33. The highest BCUT2D eigenvalue weighted by Crippen LogP contribution is 1.80. The molecule has 0 bridgehead atoms. The van der Waals surface area contributed by atoms with Gasteiger partial charge in [0.25, 0.3) is 0 Å². The van der Waals surface area contributed by atoms with Gasteiger partial charge in [-0.1, -0.05) is 0 Å². The molecule has 94 valence electrons. The minimum absolute atomic E-state index is 0. The molecule has 0 radical (unpaired) electrons. The number of nitrogens with two attached hydrogens (primary N) is 1. The third-order valence-electron chi connectivity index (χ3n) is 0.882. The first-order valence-electron chi connectivity index (χ1n) is 3.54. The normalized spacial score (nSPS) is 10.6. The predicted octanol–water partition coefficient (Wildman–Crippen LogP) is -0.538. The van der Waals surface area contributed by atoms with Crippen molar-refractivity contribution < 1.29 is 29.7 Å². The Labute approximate surface area is 103 Å². The van der Waals surface area contributed by atoms with E-state index in [9.17, 15) is 14.4 Å². The summed E-state index contributed by atoms with van der Waals surface area (Å²) in [6.45, 7) is 0. The Morgan fingerprint density at radius 1 is 1.12 bits per heavy atom. The maximum absolute atomic E-state index is 9.76. The Morgan fingerprint density at radius 2 is 1.44 bits per heavy atom. The van der Waals surface area contributed by atoms with E-state index >= 15 is 0 Å². The molecule has 1 atom stereocenters. The zero-order valence-electron chi connectivity index (χ0n) is 7.94. The van der Waals surface area contributed by atoms with Gasteiger partial charge in [0.15, 0.2) is 0 Å². The minimum Gasteiger partial charge on any atom is -0.480 e. The number of carboxylic acids is 3. The van der Waals surface area contributed by atoms with E-state index in [-0.39, 0.29) is 18.2 Å². The molecule has 0 amide bonds. The highest BCUT2D eigenvalue weighted by Gasteiger charge is 2.06. The van der Waals surface area contributed by atoms with Gasteiger partial charge in [-0.05, 0) is 0 Å². The largest absolute Gasteiger partial charge is 0.480 e. The second-order valence-electron chi connectivity index (χ2n) is 2.14. The van der Waals surface area contributed by atoms with Crippen LogP contribution in [-0.4, -0.2) is 45.0 Å². The lowest BCUT2D eigenvalue weighted by atomic mass is 10.4. The van der Waals surface area contributed by atoms with E-state index in [1.807, 2.05) is 0 Å². The van der Waals surface area contributed by atoms with Crippen LogP contribution in [-0.2, 0) is 14.4 Å². The number of hydrogen-bond acceptors (Lipinski definition) is 5. The smallest absolute Gasteiger partial charge is 0.328 e. The topological polar surface area (TPSA) is 138 Å². The zero-order valence-corrected chi connectivity index (χ0v) is 9.65. The van der Waals surface area contributed by atoms with Gasteiger partial charge in [0.1, 0.15) is 6.04 Å². The third kappa shape index (κ3) is 18.5. The standard InChI is InChI=1S/C4H4O4.C3H7NO2S.ClH/c5-3(6)1-2-4(7)8;4-2(1-7)3(5)6;/h1-2H,(H,5,6)(H,7,8);2,7H,1,4H2,(H,5,6);1H/b2-1-;;/t;2-;/m.0./s1. The van der Waals surface area contributed by atoms with Crippen LogP contribution < -0.4 is 5.73 Å². The van der Waals surface area contributed by atoms with Crippen molar-refractivity contribution in [3.63, 3.8) is 0 Å². The summed E-state index contributed by atoms with van der Waals surface area (Å²) in [5, 5.41) is 23.6. The van der Waals surface area contributed by atoms with Crippen molar-refractivity contribution in [2.75, 3.05) is 5.75 Å². The first-order valence-corrected chi connectivity index (χ1v) is 4.17. The monoisotopic (exact) mass is 273 g/mol. The van der Waals surface area contributed by atoms with Gasteiger partial charge in [-0.15, -0.1) is 12.4 Å². The molecule has 0 aliphatic heterocycles. The summed E-state index contributed by atoms with van der Waals surface area (Å²) in [6.07, 6.45) is 1.12. The molecule has 0 aromatic heterocycles. The van der Waals surface area contributed by atoms with E-state index in [0.717, 1.165) is 0 Å². The van der Waals surface area contributed by atoms with Crippen molar-refractivity contribution in [3.8, 4) is 0 Å². The Balaban J connectivity index is -0.000000200. The van der Waals surface area contributed by atoms with E-state index in [2.05, 4.69) is 12.6 Å². The van der Waals surface area contributed by atoms with Crippen LogP contribution in [0.4, 0.5) is 0 Å². The fourth-order valence-corrected chi connectivity index (χ4v) is 0.377. The molecular formula is C7H12ClNO6S. The Hall–Kier alpha value is -1.25. The second kappa shape index (κ2) is 11.8. The summed E-state index contributed by atoms with van der Waals surface area (Å²) in [4.78, 5) is 28.9. The number of halogens is 1. The Bertz CT molecular complexity index is 254. The summed E-state index contributed by atoms with van der Waals surface area (Å²) >= 11 is 3.65. The van der Waals surface area contributed by atoms with Crippen LogP contribution in [0.2, 0.25) is 0 Å². The van der Waals surface area contributed by atoms with Crippen LogP contribution in [0.25, 0.3) is 0 Å². The summed E-state index contributed by atoms with van der Waals surface area (Å²) in [5.41, 5.74) is 4.94. The Morgan fingerprint density at radius 3 is 1.50 bits per heavy atom. The minimum atomic E-state index is -1.26. The second-order valence-corrected chi connectivity index (χ2v) is 2.50. The number of hydrogen-bond donors (Lipinski definition) is 5. The average molecular weight is 274 g/mol. The van der Waals surface area contributed by atoms with Gasteiger partial charge in [-0.3, -0.25) is 4.79 Å². The first-order chi connectivity index (χ1) is 6.81. The summed E-state index contributed by atoms with van der Waals surface area (Å²) < 4.78 is 0. The van der Waals surface area contributed by atoms with Crippen LogP contribution >= 0.6 is 25.0 Å². The van der Waals surface area contributed by atoms with Crippen molar-refractivity contribution in [2.45, 2.75) is 6.04 Å². The molecule has 0 rings (SSSR count). The molecular weight excluding hydrogens is 262 g/mol. The van der Waals surface area contributed by atoms with E-state index < -0.39 is 23.9 Å². The van der Waals surface area contributed by atoms with Crippen molar-refractivity contribution in [1.29, 1.82) is 0 Å². The van der Waals surface area contributed by atoms with Crippen LogP contribution in [0.5, 0.6) is 0 Å². The van der Waals surface area contributed by atoms with Gasteiger partial charge in [0, 0.05) is 17.9 Å². The number of carboxylic acid groups (broad SMARTS) is 3. The van der Waals surface area contributed by atoms with Crippen molar-refractivity contribution >= 4 is 42.9 Å². The van der Waals surface area contributed by atoms with Gasteiger partial charge in [-0.25, -0.2) is 9.59 Å². The Kier molecular flexibility index (Phi) is 14.9. The lowest BCUT2D eigenvalue weighted by Crippen LogP contribution is -2.31. The van der Waals surface area contributed by atoms with Gasteiger partial charge >= 0.3 is 17.9 Å². The van der Waals surface area contributed by atoms with E-state index in [1.54, 1.807) is 0 Å². The fraction of sp³-hybridized carbons (Fsp3) is 0.286. The molecule has 0 aliphatic carbocycles. The third-order valence-corrected chi connectivity index (χ3v) is 1.28. The van der Waals surface area contributed by atoms with Gasteiger partial charge in [-0.2, -0.15) is 12.6 Å². The van der Waals surface area contributed by atoms with Crippen LogP contribution in [0.1, 0.15) is 0 Å². The molecule has 0 saturated carbocycles. The molecule has 5 N–H and O–H groups in total. The lowest BCUT2D eigenvalue weighted by Gasteiger charge is -1.96. The summed E-state index contributed by atoms with van der Waals surface area (Å²) in [6, 6.07) is -0.816. The van der Waals surface area contributed by atoms with Crippen molar-refractivity contribution in [2.24, 2.45) is 5.73 Å². The predicted molar refractivity (Wildman–Crippen MR) is 61.1 cm³/mol. The molecule has 16 heavy (non-hydrogen) atoms. The molecule has 7 nitrogen and oxygen atoms in total. The maximum atomic E-state index is 9.76. The molecule has 9 heteroatoms. The fourth-order valence-electron chi connectivity index (χ4n) is 0.221. The molecule has 0 unspecified atom stereocenters. The number of rotatable bonds is 4. The lowest BCUT2D eigenvalue weighted by molar-refractivity contribution is -0.138. The maximum Gasteiger partial charge on any atom is 0.328 e. The van der Waals surface area contributed by atoms with Gasteiger partial charge < -0.3 is 21.1 Å². The van der Waals surface area contributed by atoms with Crippen molar-refractivity contribution in [1.82, 2.24) is 0 Å². The van der Waals surface area contributed by atoms with E-state index in [4.69, 9.17) is 21.1 Å². The molecule has 0 spiro atoms. The van der Waals surface area contributed by atoms with Crippen LogP contribution in [0, 0.1) is 0 Å². The molecule has 0 aromatic rings. The highest BCUT2D eigenvalue weighted by atomic mass is 35.5. The number of aliphatic carboxylic acids is 3. The molecule has 0 heterocycles. The first kappa shape index (κ1) is 20.2. The number of carbonyl (C=O) groups is 3. The van der Waals surface area contributed by atoms with Crippen LogP contribution in [0.15, 0.2) is 12.2 Å². The van der Waals surface area contributed by atoms with Gasteiger partial charge in [0.05, 0.1) is 0 Å². The average Bonchev–Trinajstić information content (AvgIpc) is 2.14. The number of thiol groups is 1. The quantitative estimate of drug-likeness (QED) is 0.342. The highest BCUT2D eigenvalue weighted by molar-refractivity contribution is 7.80. The molecule has 0 fully saturated rings. The zero-order chi connectivity index (χ0) is 12.4. The SMILES string of the molecule is Cl.N[C@@H](CS)C(=O)O.O=C(O)/C=C\C(=O)O.